The summed E-state index contributed by atoms with van der Waals surface area (Å²) in [5.41, 5.74) is 0.0662. The molecular formula is C30H35BN4O10. The van der Waals surface area contributed by atoms with Gasteiger partial charge < -0.3 is 34.7 Å². The van der Waals surface area contributed by atoms with Gasteiger partial charge in [0.1, 0.15) is 17.4 Å². The monoisotopic (exact) mass is 622 g/mol. The predicted octanol–water partition coefficient (Wildman–Crippen LogP) is 0.971. The molecule has 0 saturated carbocycles. The quantitative estimate of drug-likeness (QED) is 0.166. The van der Waals surface area contributed by atoms with Gasteiger partial charge in [-0.2, -0.15) is 0 Å². The zero-order chi connectivity index (χ0) is 32.9. The number of urea groups is 1. The molecule has 2 atom stereocenters. The largest absolute Gasteiger partial charge is 0.547 e. The standard InChI is InChI=1S/C30H35BN4O10/c1-5-34-14-15-35(26(38)25(34)37)29(41)33-22(18-10-7-6-8-11-18)24(36)32-21-16-19-12-9-13-20(23(19)45-31(21)42)27(39)43-17-44-28(40)30(2,3)4/h6-13,21-22,42H,5,14-17H2,1-4H3,(H,32,36)(H,33,41)/t21-,22?/m0/s1. The summed E-state index contributed by atoms with van der Waals surface area (Å²) in [6.45, 7) is 6.52. The second kappa shape index (κ2) is 13.8. The van der Waals surface area contributed by atoms with Gasteiger partial charge in [0.2, 0.25) is 12.7 Å². The third-order valence-corrected chi connectivity index (χ3v) is 7.26. The molecule has 15 heteroatoms. The van der Waals surface area contributed by atoms with Crippen molar-refractivity contribution in [2.45, 2.75) is 46.1 Å². The molecule has 3 N–H and O–H groups in total. The second-order valence-corrected chi connectivity index (χ2v) is 11.5. The summed E-state index contributed by atoms with van der Waals surface area (Å²) in [6.07, 6.45) is 0.0454. The summed E-state index contributed by atoms with van der Waals surface area (Å²) in [6, 6.07) is 10.7. The molecule has 1 fully saturated rings. The van der Waals surface area contributed by atoms with Gasteiger partial charge in [-0.25, -0.2) is 9.59 Å². The molecule has 5 amide bonds. The Kier molecular flexibility index (Phi) is 10.1. The third-order valence-electron chi connectivity index (χ3n) is 7.26. The minimum atomic E-state index is -1.59. The Balaban J connectivity index is 1.46. The molecule has 2 aromatic carbocycles. The first-order valence-electron chi connectivity index (χ1n) is 14.4. The Hall–Kier alpha value is -4.92. The number of hydrogen-bond donors (Lipinski definition) is 3. The van der Waals surface area contributed by atoms with E-state index in [1.807, 2.05) is 0 Å². The van der Waals surface area contributed by atoms with Crippen molar-refractivity contribution in [3.63, 3.8) is 0 Å². The first kappa shape index (κ1) is 33.0. The van der Waals surface area contributed by atoms with Crippen LogP contribution in [0.2, 0.25) is 0 Å². The highest BCUT2D eigenvalue weighted by Crippen LogP contribution is 2.31. The SMILES string of the molecule is CCN1CCN(C(=O)NC(C(=O)N[C@H]2Cc3cccc(C(=O)OCOC(=O)C(C)(C)C)c3OB2O)c2ccccc2)C(=O)C1=O. The maximum absolute atomic E-state index is 13.6. The fourth-order valence-electron chi connectivity index (χ4n) is 4.72. The number of para-hydroxylation sites is 1. The molecule has 2 aromatic rings. The molecule has 2 heterocycles. The van der Waals surface area contributed by atoms with Crippen LogP contribution in [0.1, 0.15) is 55.2 Å². The Labute approximate surface area is 260 Å². The van der Waals surface area contributed by atoms with E-state index in [4.69, 9.17) is 14.1 Å². The highest BCUT2D eigenvalue weighted by Gasteiger charge is 2.41. The van der Waals surface area contributed by atoms with Crippen molar-refractivity contribution in [1.82, 2.24) is 20.4 Å². The smallest absolute Gasteiger partial charge is 0.534 e. The number of fused-ring (bicyclic) bond motifs is 1. The predicted molar refractivity (Wildman–Crippen MR) is 158 cm³/mol. The maximum Gasteiger partial charge on any atom is 0.547 e. The highest BCUT2D eigenvalue weighted by molar-refractivity contribution is 6.47. The van der Waals surface area contributed by atoms with Gasteiger partial charge >= 0.3 is 36.9 Å². The second-order valence-electron chi connectivity index (χ2n) is 11.5. The van der Waals surface area contributed by atoms with Crippen LogP contribution in [0.4, 0.5) is 4.79 Å². The van der Waals surface area contributed by atoms with Crippen LogP contribution in [-0.4, -0.2) is 90.0 Å². The van der Waals surface area contributed by atoms with Crippen molar-refractivity contribution in [1.29, 1.82) is 0 Å². The van der Waals surface area contributed by atoms with Gasteiger partial charge in [-0.3, -0.25) is 24.1 Å². The number of esters is 2. The van der Waals surface area contributed by atoms with Gasteiger partial charge in [-0.05, 0) is 51.3 Å². The van der Waals surface area contributed by atoms with E-state index >= 15 is 0 Å². The lowest BCUT2D eigenvalue weighted by Crippen LogP contribution is -2.60. The zero-order valence-electron chi connectivity index (χ0n) is 25.4. The van der Waals surface area contributed by atoms with Crippen LogP contribution in [0.25, 0.3) is 0 Å². The van der Waals surface area contributed by atoms with Gasteiger partial charge in [0.25, 0.3) is 0 Å². The molecule has 2 aliphatic rings. The lowest BCUT2D eigenvalue weighted by molar-refractivity contribution is -0.161. The molecule has 238 valence electrons. The van der Waals surface area contributed by atoms with Crippen LogP contribution >= 0.6 is 0 Å². The molecule has 1 saturated heterocycles. The van der Waals surface area contributed by atoms with Crippen LogP contribution in [-0.2, 0) is 35.1 Å². The Morgan fingerprint density at radius 2 is 1.73 bits per heavy atom. The number of rotatable bonds is 8. The topological polar surface area (TPSA) is 181 Å². The summed E-state index contributed by atoms with van der Waals surface area (Å²) in [5, 5.41) is 16.0. The summed E-state index contributed by atoms with van der Waals surface area (Å²) < 4.78 is 15.7. The first-order valence-corrected chi connectivity index (χ1v) is 14.4. The number of nitrogens with one attached hydrogen (secondary N) is 2. The highest BCUT2D eigenvalue weighted by atomic mass is 16.7. The van der Waals surface area contributed by atoms with E-state index in [9.17, 15) is 33.8 Å². The number of hydrogen-bond acceptors (Lipinski definition) is 10. The molecule has 14 nitrogen and oxygen atoms in total. The minimum absolute atomic E-state index is 0.0139. The van der Waals surface area contributed by atoms with Crippen molar-refractivity contribution < 1.29 is 47.9 Å². The fraction of sp³-hybridized carbons (Fsp3) is 0.400. The van der Waals surface area contributed by atoms with Crippen molar-refractivity contribution in [3.05, 3.63) is 65.2 Å². The molecule has 0 radical (unpaired) electrons. The van der Waals surface area contributed by atoms with E-state index in [0.717, 1.165) is 4.90 Å². The average molecular weight is 622 g/mol. The minimum Gasteiger partial charge on any atom is -0.534 e. The number of imide groups is 1. The molecule has 4 rings (SSSR count). The molecule has 0 aliphatic carbocycles. The lowest BCUT2D eigenvalue weighted by atomic mass is 9.72. The van der Waals surface area contributed by atoms with Gasteiger partial charge in [0, 0.05) is 19.6 Å². The van der Waals surface area contributed by atoms with E-state index in [2.05, 4.69) is 10.6 Å². The number of piperazine rings is 1. The summed E-state index contributed by atoms with van der Waals surface area (Å²) >= 11 is 0. The summed E-state index contributed by atoms with van der Waals surface area (Å²) in [7, 11) is -1.59. The molecule has 0 aromatic heterocycles. The summed E-state index contributed by atoms with van der Waals surface area (Å²) in [5.74, 6) is -4.87. The molecule has 45 heavy (non-hydrogen) atoms. The molecule has 1 unspecified atom stereocenters. The van der Waals surface area contributed by atoms with E-state index in [1.165, 1.54) is 11.0 Å². The number of likely N-dealkylation sites (N-methyl/N-ethyl adjacent to an activating group) is 1. The average Bonchev–Trinajstić information content (AvgIpc) is 3.00. The summed E-state index contributed by atoms with van der Waals surface area (Å²) in [4.78, 5) is 78.3. The molecular weight excluding hydrogens is 587 g/mol. The van der Waals surface area contributed by atoms with E-state index in [-0.39, 0.29) is 30.8 Å². The number of amides is 5. The Morgan fingerprint density at radius 3 is 2.40 bits per heavy atom. The Morgan fingerprint density at radius 1 is 1.02 bits per heavy atom. The lowest BCUT2D eigenvalue weighted by Gasteiger charge is -2.33. The number of benzene rings is 2. The van der Waals surface area contributed by atoms with Crippen LogP contribution in [0, 0.1) is 5.41 Å². The van der Waals surface area contributed by atoms with Gasteiger partial charge in [0.05, 0.1) is 11.4 Å². The van der Waals surface area contributed by atoms with Crippen molar-refractivity contribution in [3.8, 4) is 5.75 Å². The van der Waals surface area contributed by atoms with E-state index in [1.54, 1.807) is 70.2 Å². The first-order chi connectivity index (χ1) is 21.3. The van der Waals surface area contributed by atoms with Gasteiger partial charge in [-0.1, -0.05) is 42.5 Å². The van der Waals surface area contributed by atoms with E-state index in [0.29, 0.717) is 17.7 Å². The third kappa shape index (κ3) is 7.60. The van der Waals surface area contributed by atoms with Crippen LogP contribution in [0.3, 0.4) is 0 Å². The molecule has 0 spiro atoms. The number of carbonyl (C=O) groups is 6. The van der Waals surface area contributed by atoms with Gasteiger partial charge in [0.15, 0.2) is 0 Å². The molecule has 2 aliphatic heterocycles. The van der Waals surface area contributed by atoms with Crippen molar-refractivity contribution in [2.75, 3.05) is 26.4 Å². The number of carbonyl (C=O) groups excluding carboxylic acids is 6. The number of ether oxygens (including phenoxy) is 2. The Bertz CT molecular complexity index is 1480. The van der Waals surface area contributed by atoms with Gasteiger partial charge in [-0.15, -0.1) is 0 Å². The van der Waals surface area contributed by atoms with Crippen LogP contribution in [0.15, 0.2) is 48.5 Å². The normalized spacial score (nSPS) is 17.1. The van der Waals surface area contributed by atoms with Crippen LogP contribution in [0.5, 0.6) is 5.75 Å². The number of nitrogens with zero attached hydrogens (tertiary/aromatic N) is 2. The zero-order valence-corrected chi connectivity index (χ0v) is 25.4. The van der Waals surface area contributed by atoms with E-state index < -0.39 is 67.0 Å². The maximum atomic E-state index is 13.6. The van der Waals surface area contributed by atoms with Crippen molar-refractivity contribution >= 4 is 42.8 Å². The molecule has 0 bridgehead atoms. The fourth-order valence-corrected chi connectivity index (χ4v) is 4.72. The van der Waals surface area contributed by atoms with Crippen LogP contribution < -0.4 is 15.3 Å². The van der Waals surface area contributed by atoms with Crippen molar-refractivity contribution in [2.24, 2.45) is 5.41 Å².